The van der Waals surface area contributed by atoms with Gasteiger partial charge in [0.1, 0.15) is 29.7 Å². The normalized spacial score (nSPS) is 33.4. The highest BCUT2D eigenvalue weighted by Gasteiger charge is 2.67. The van der Waals surface area contributed by atoms with Gasteiger partial charge in [0.2, 0.25) is 5.79 Å². The summed E-state index contributed by atoms with van der Waals surface area (Å²) in [6.07, 6.45) is -4.34. The molecule has 0 saturated carbocycles. The quantitative estimate of drug-likeness (QED) is 0.479. The zero-order valence-electron chi connectivity index (χ0n) is 15.4. The molecule has 2 bridgehead atoms. The summed E-state index contributed by atoms with van der Waals surface area (Å²) < 4.78 is 11.6. The fraction of sp³-hybridized carbons (Fsp3) is 0.381. The number of aliphatic hydroxyl groups is 4. The van der Waals surface area contributed by atoms with Crippen molar-refractivity contribution in [3.63, 3.8) is 0 Å². The third-order valence-electron chi connectivity index (χ3n) is 5.69. The molecule has 0 radical (unpaired) electrons. The lowest BCUT2D eigenvalue weighted by molar-refractivity contribution is -0.329. The molecule has 2 aromatic rings. The number of ether oxygens (including phenoxy) is 2. The number of aromatic hydroxyl groups is 1. The van der Waals surface area contributed by atoms with Crippen LogP contribution in [-0.4, -0.2) is 62.7 Å². The van der Waals surface area contributed by atoms with Gasteiger partial charge in [0.05, 0.1) is 24.8 Å². The number of hydrogen-bond donors (Lipinski definition) is 5. The minimum atomic E-state index is -1.78. The smallest absolute Gasteiger partial charge is 0.225 e. The van der Waals surface area contributed by atoms with Gasteiger partial charge in [0.15, 0.2) is 0 Å². The second-order valence-corrected chi connectivity index (χ2v) is 7.49. The van der Waals surface area contributed by atoms with Crippen LogP contribution in [0.3, 0.4) is 0 Å². The summed E-state index contributed by atoms with van der Waals surface area (Å²) in [7, 11) is 0. The molecule has 2 heterocycles. The second kappa shape index (κ2) is 7.07. The van der Waals surface area contributed by atoms with Gasteiger partial charge >= 0.3 is 0 Å². The Hall–Kier alpha value is -2.51. The molecule has 8 heteroatoms. The van der Waals surface area contributed by atoms with E-state index in [-0.39, 0.29) is 12.4 Å². The van der Waals surface area contributed by atoms with Gasteiger partial charge in [0.25, 0.3) is 0 Å². The van der Waals surface area contributed by atoms with Crippen LogP contribution in [0.2, 0.25) is 0 Å². The standard InChI is InChI=1S/C21H21NO7/c22-9-13-3-4-15(8-14(13)7-12-1-5-16(24)6-2-12)21-19(27)17(25)18(26)20(10-23,29-21)11-28-21/h1-6,8,17-19,23-27H,7,10-11H2/t17-,18-,19+,20-,21+/m0/s1. The van der Waals surface area contributed by atoms with Gasteiger partial charge in [-0.25, -0.2) is 0 Å². The Morgan fingerprint density at radius 2 is 1.79 bits per heavy atom. The van der Waals surface area contributed by atoms with E-state index in [1.165, 1.54) is 0 Å². The number of phenolic OH excluding ortho intramolecular Hbond substituents is 1. The molecule has 8 nitrogen and oxygen atoms in total. The lowest BCUT2D eigenvalue weighted by Crippen LogP contribution is -2.65. The first-order chi connectivity index (χ1) is 13.8. The van der Waals surface area contributed by atoms with Crippen LogP contribution in [-0.2, 0) is 21.7 Å². The van der Waals surface area contributed by atoms with Crippen molar-refractivity contribution in [2.45, 2.75) is 36.1 Å². The molecule has 0 aliphatic carbocycles. The van der Waals surface area contributed by atoms with Crippen LogP contribution in [0.15, 0.2) is 42.5 Å². The first-order valence-corrected chi connectivity index (χ1v) is 9.16. The molecule has 5 atom stereocenters. The number of hydrogen-bond acceptors (Lipinski definition) is 8. The Balaban J connectivity index is 1.75. The Morgan fingerprint density at radius 1 is 1.07 bits per heavy atom. The number of benzene rings is 2. The summed E-state index contributed by atoms with van der Waals surface area (Å²) in [5.74, 6) is -1.65. The van der Waals surface area contributed by atoms with Crippen molar-refractivity contribution in [1.29, 1.82) is 5.26 Å². The molecule has 0 unspecified atom stereocenters. The SMILES string of the molecule is N#Cc1ccc([C@@]23OC[C@](CO)(O2)[C@@H](O)[C@H](O)[C@H]3O)cc1Cc1ccc(O)cc1. The van der Waals surface area contributed by atoms with Crippen molar-refractivity contribution in [1.82, 2.24) is 0 Å². The highest BCUT2D eigenvalue weighted by atomic mass is 16.8. The molecule has 2 aromatic carbocycles. The Morgan fingerprint density at radius 3 is 2.45 bits per heavy atom. The summed E-state index contributed by atoms with van der Waals surface area (Å²) >= 11 is 0. The van der Waals surface area contributed by atoms with E-state index in [0.29, 0.717) is 23.1 Å². The van der Waals surface area contributed by atoms with Crippen LogP contribution >= 0.6 is 0 Å². The first kappa shape index (κ1) is 19.8. The number of fused-ring (bicyclic) bond motifs is 2. The molecule has 2 aliphatic heterocycles. The van der Waals surface area contributed by atoms with Crippen LogP contribution in [0.1, 0.15) is 22.3 Å². The third-order valence-corrected chi connectivity index (χ3v) is 5.69. The molecular weight excluding hydrogens is 378 g/mol. The summed E-state index contributed by atoms with van der Waals surface area (Å²) in [6.45, 7) is -0.817. The molecule has 0 aromatic heterocycles. The van der Waals surface area contributed by atoms with Gasteiger partial charge in [0, 0.05) is 5.56 Å². The van der Waals surface area contributed by atoms with Gasteiger partial charge in [-0.05, 0) is 41.8 Å². The van der Waals surface area contributed by atoms with E-state index in [4.69, 9.17) is 9.47 Å². The molecule has 2 aliphatic rings. The summed E-state index contributed by atoms with van der Waals surface area (Å²) in [6, 6.07) is 13.4. The average Bonchev–Trinajstić information content (AvgIpc) is 3.13. The molecular formula is C21H21NO7. The molecule has 152 valence electrons. The van der Waals surface area contributed by atoms with E-state index in [2.05, 4.69) is 6.07 Å². The zero-order valence-corrected chi connectivity index (χ0v) is 15.4. The zero-order chi connectivity index (χ0) is 20.8. The number of aliphatic hydroxyl groups excluding tert-OH is 4. The van der Waals surface area contributed by atoms with E-state index >= 15 is 0 Å². The van der Waals surface area contributed by atoms with E-state index in [0.717, 1.165) is 5.56 Å². The van der Waals surface area contributed by atoms with Gasteiger partial charge in [-0.1, -0.05) is 18.2 Å². The van der Waals surface area contributed by atoms with E-state index in [1.807, 2.05) is 0 Å². The second-order valence-electron chi connectivity index (χ2n) is 7.49. The highest BCUT2D eigenvalue weighted by Crippen LogP contribution is 2.49. The van der Waals surface area contributed by atoms with Crippen molar-refractivity contribution in [3.8, 4) is 11.8 Å². The van der Waals surface area contributed by atoms with Gasteiger partial charge < -0.3 is 35.0 Å². The molecule has 5 N–H and O–H groups in total. The summed E-state index contributed by atoms with van der Waals surface area (Å²) in [5.41, 5.74) is 0.705. The van der Waals surface area contributed by atoms with Crippen LogP contribution in [0, 0.1) is 11.3 Å². The van der Waals surface area contributed by atoms with Crippen molar-refractivity contribution in [2.24, 2.45) is 0 Å². The minimum absolute atomic E-state index is 0.132. The van der Waals surface area contributed by atoms with E-state index in [9.17, 15) is 30.8 Å². The molecule has 0 spiro atoms. The Bertz CT molecular complexity index is 956. The highest BCUT2D eigenvalue weighted by molar-refractivity contribution is 5.45. The van der Waals surface area contributed by atoms with Crippen LogP contribution in [0.5, 0.6) is 5.75 Å². The number of phenols is 1. The van der Waals surface area contributed by atoms with Crippen LogP contribution in [0.4, 0.5) is 0 Å². The molecule has 4 rings (SSSR count). The maximum absolute atomic E-state index is 10.7. The molecule has 2 fully saturated rings. The number of rotatable bonds is 4. The van der Waals surface area contributed by atoms with Gasteiger partial charge in [-0.2, -0.15) is 5.26 Å². The topological polar surface area (TPSA) is 143 Å². The van der Waals surface area contributed by atoms with Crippen LogP contribution < -0.4 is 0 Å². The minimum Gasteiger partial charge on any atom is -0.508 e. The third kappa shape index (κ3) is 3.00. The lowest BCUT2D eigenvalue weighted by atomic mass is 9.83. The maximum atomic E-state index is 10.7. The Kier molecular flexibility index (Phi) is 4.83. The van der Waals surface area contributed by atoms with Gasteiger partial charge in [-0.15, -0.1) is 0 Å². The molecule has 2 saturated heterocycles. The van der Waals surface area contributed by atoms with Crippen LogP contribution in [0.25, 0.3) is 0 Å². The van der Waals surface area contributed by atoms with Crippen molar-refractivity contribution >= 4 is 0 Å². The predicted molar refractivity (Wildman–Crippen MR) is 98.6 cm³/mol. The largest absolute Gasteiger partial charge is 0.508 e. The monoisotopic (exact) mass is 399 g/mol. The lowest BCUT2D eigenvalue weighted by Gasteiger charge is -2.46. The first-order valence-electron chi connectivity index (χ1n) is 9.16. The molecule has 29 heavy (non-hydrogen) atoms. The number of nitriles is 1. The maximum Gasteiger partial charge on any atom is 0.225 e. The van der Waals surface area contributed by atoms with Gasteiger partial charge in [-0.3, -0.25) is 0 Å². The predicted octanol–water partition coefficient (Wildman–Crippen LogP) is -0.118. The molecule has 0 amide bonds. The number of nitrogens with zero attached hydrogens (tertiary/aromatic N) is 1. The average molecular weight is 399 g/mol. The van der Waals surface area contributed by atoms with Crippen molar-refractivity contribution in [2.75, 3.05) is 13.2 Å². The summed E-state index contributed by atoms with van der Waals surface area (Å²) in [5, 5.41) is 59.9. The fourth-order valence-electron chi connectivity index (χ4n) is 3.97. The van der Waals surface area contributed by atoms with E-state index < -0.39 is 36.3 Å². The van der Waals surface area contributed by atoms with Crippen molar-refractivity contribution in [3.05, 3.63) is 64.7 Å². The fourth-order valence-corrected chi connectivity index (χ4v) is 3.97. The van der Waals surface area contributed by atoms with Crippen molar-refractivity contribution < 1.29 is 35.0 Å². The van der Waals surface area contributed by atoms with E-state index in [1.54, 1.807) is 42.5 Å². The Labute approximate surface area is 166 Å². The summed E-state index contributed by atoms with van der Waals surface area (Å²) in [4.78, 5) is 0.